The van der Waals surface area contributed by atoms with Crippen LogP contribution in [0.2, 0.25) is 0 Å². The van der Waals surface area contributed by atoms with Gasteiger partial charge in [0.2, 0.25) is 0 Å². The van der Waals surface area contributed by atoms with Gasteiger partial charge in [0.05, 0.1) is 6.10 Å². The highest BCUT2D eigenvalue weighted by molar-refractivity contribution is 5.18. The van der Waals surface area contributed by atoms with Gasteiger partial charge < -0.3 is 5.11 Å². The van der Waals surface area contributed by atoms with Crippen LogP contribution in [-0.2, 0) is 0 Å². The second-order valence-electron chi connectivity index (χ2n) is 5.84. The predicted molar refractivity (Wildman–Crippen MR) is 65.7 cm³/mol. The zero-order chi connectivity index (χ0) is 11.6. The van der Waals surface area contributed by atoms with Crippen LogP contribution < -0.4 is 0 Å². The minimum atomic E-state index is -0.163. The maximum absolute atomic E-state index is 9.46. The fourth-order valence-corrected chi connectivity index (χ4v) is 2.38. The zero-order valence-corrected chi connectivity index (χ0v) is 10.9. The molecule has 0 saturated carbocycles. The molecule has 1 nitrogen and oxygen atoms in total. The molecule has 0 amide bonds. The van der Waals surface area contributed by atoms with Gasteiger partial charge in [0, 0.05) is 0 Å². The van der Waals surface area contributed by atoms with Crippen molar-refractivity contribution in [1.29, 1.82) is 0 Å². The van der Waals surface area contributed by atoms with Crippen LogP contribution in [0.15, 0.2) is 11.6 Å². The molecule has 88 valence electrons. The van der Waals surface area contributed by atoms with Crippen molar-refractivity contribution < 1.29 is 5.11 Å². The van der Waals surface area contributed by atoms with Gasteiger partial charge >= 0.3 is 0 Å². The molecule has 0 aromatic carbocycles. The minimum absolute atomic E-state index is 0.163. The predicted octanol–water partition coefficient (Wildman–Crippen LogP) is 3.78. The Labute approximate surface area is 94.6 Å². The van der Waals surface area contributed by atoms with Gasteiger partial charge in [-0.1, -0.05) is 32.4 Å². The summed E-state index contributed by atoms with van der Waals surface area (Å²) in [6.45, 7) is 11.0. The van der Waals surface area contributed by atoms with E-state index in [2.05, 4.69) is 33.8 Å². The Balaban J connectivity index is 2.42. The zero-order valence-electron chi connectivity index (χ0n) is 10.9. The molecule has 0 saturated heterocycles. The summed E-state index contributed by atoms with van der Waals surface area (Å²) in [7, 11) is 0. The van der Waals surface area contributed by atoms with Crippen LogP contribution in [0.5, 0.6) is 0 Å². The van der Waals surface area contributed by atoms with Crippen LogP contribution in [0.3, 0.4) is 0 Å². The number of allylic oxidation sites excluding steroid dienone is 2. The lowest BCUT2D eigenvalue weighted by atomic mass is 9.74. The molecule has 0 radical (unpaired) electrons. The fourth-order valence-electron chi connectivity index (χ4n) is 2.38. The van der Waals surface area contributed by atoms with E-state index in [0.717, 1.165) is 12.3 Å². The Bertz CT molecular complexity index is 238. The lowest BCUT2D eigenvalue weighted by Crippen LogP contribution is -2.22. The number of aliphatic hydroxyl groups is 1. The van der Waals surface area contributed by atoms with Crippen LogP contribution in [0, 0.1) is 17.3 Å². The van der Waals surface area contributed by atoms with Gasteiger partial charge in [-0.25, -0.2) is 0 Å². The first-order valence-corrected chi connectivity index (χ1v) is 6.21. The molecule has 1 N–H and O–H groups in total. The smallest absolute Gasteiger partial charge is 0.0537 e. The summed E-state index contributed by atoms with van der Waals surface area (Å²) in [4.78, 5) is 0. The van der Waals surface area contributed by atoms with Crippen LogP contribution in [0.25, 0.3) is 0 Å². The first kappa shape index (κ1) is 12.8. The molecule has 1 rings (SSSR count). The van der Waals surface area contributed by atoms with Crippen LogP contribution in [-0.4, -0.2) is 11.2 Å². The molecule has 0 heterocycles. The highest BCUT2D eigenvalue weighted by atomic mass is 16.3. The number of rotatable bonds is 4. The Morgan fingerprint density at radius 1 is 1.47 bits per heavy atom. The van der Waals surface area contributed by atoms with E-state index in [1.807, 2.05) is 6.92 Å². The van der Waals surface area contributed by atoms with E-state index in [1.54, 1.807) is 0 Å². The Hall–Kier alpha value is -0.300. The summed E-state index contributed by atoms with van der Waals surface area (Å²) in [5, 5.41) is 9.46. The number of hydrogen-bond donors (Lipinski definition) is 1. The lowest BCUT2D eigenvalue weighted by molar-refractivity contribution is 0.120. The van der Waals surface area contributed by atoms with Crippen LogP contribution in [0.1, 0.15) is 53.9 Å². The van der Waals surface area contributed by atoms with Gasteiger partial charge in [0.1, 0.15) is 0 Å². The largest absolute Gasteiger partial charge is 0.393 e. The van der Waals surface area contributed by atoms with Crippen molar-refractivity contribution in [3.05, 3.63) is 11.6 Å². The van der Waals surface area contributed by atoms with E-state index in [9.17, 15) is 5.11 Å². The molecule has 0 unspecified atom stereocenters. The molecule has 0 spiro atoms. The third-order valence-corrected chi connectivity index (χ3v) is 4.54. The molecule has 0 aromatic rings. The minimum Gasteiger partial charge on any atom is -0.393 e. The molecule has 0 bridgehead atoms. The van der Waals surface area contributed by atoms with Crippen LogP contribution in [0.4, 0.5) is 0 Å². The number of hydrogen-bond acceptors (Lipinski definition) is 1. The molecular weight excluding hydrogens is 184 g/mol. The standard InChI is InChI=1S/C14H26O/c1-10(12(3)15)6-8-13-9-7-11(2)14(13,4)5/h7,10,12-13,15H,6,8-9H2,1-5H3/t10-,12-,13-/m1/s1. The third kappa shape index (κ3) is 2.84. The van der Waals surface area contributed by atoms with Crippen molar-refractivity contribution in [1.82, 2.24) is 0 Å². The molecule has 0 aromatic heterocycles. The molecule has 0 fully saturated rings. The molecule has 1 heteroatoms. The van der Waals surface area contributed by atoms with Crippen molar-refractivity contribution in [3.8, 4) is 0 Å². The molecule has 0 aliphatic heterocycles. The Kier molecular flexibility index (Phi) is 3.99. The van der Waals surface area contributed by atoms with Gasteiger partial charge in [-0.15, -0.1) is 0 Å². The summed E-state index contributed by atoms with van der Waals surface area (Å²) >= 11 is 0. The van der Waals surface area contributed by atoms with E-state index >= 15 is 0 Å². The summed E-state index contributed by atoms with van der Waals surface area (Å²) in [6.07, 6.45) is 5.84. The fraction of sp³-hybridized carbons (Fsp3) is 0.857. The van der Waals surface area contributed by atoms with Gasteiger partial charge in [-0.2, -0.15) is 0 Å². The van der Waals surface area contributed by atoms with Crippen molar-refractivity contribution in [2.24, 2.45) is 17.3 Å². The first-order valence-electron chi connectivity index (χ1n) is 6.21. The molecular formula is C14H26O. The topological polar surface area (TPSA) is 20.2 Å². The molecule has 1 aliphatic carbocycles. The van der Waals surface area contributed by atoms with E-state index in [4.69, 9.17) is 0 Å². The first-order chi connectivity index (χ1) is 6.85. The van der Waals surface area contributed by atoms with Gasteiger partial charge in [-0.05, 0) is 50.4 Å². The SMILES string of the molecule is CC1=CC[C@@H](CC[C@@H](C)[C@@H](C)O)C1(C)C. The highest BCUT2D eigenvalue weighted by Crippen LogP contribution is 2.45. The van der Waals surface area contributed by atoms with Crippen LogP contribution >= 0.6 is 0 Å². The number of aliphatic hydroxyl groups excluding tert-OH is 1. The Morgan fingerprint density at radius 2 is 2.07 bits per heavy atom. The van der Waals surface area contributed by atoms with Crippen molar-refractivity contribution in [2.75, 3.05) is 0 Å². The summed E-state index contributed by atoms with van der Waals surface area (Å²) in [6, 6.07) is 0. The van der Waals surface area contributed by atoms with Crippen molar-refractivity contribution in [3.63, 3.8) is 0 Å². The van der Waals surface area contributed by atoms with E-state index in [-0.39, 0.29) is 6.10 Å². The second kappa shape index (κ2) is 4.69. The monoisotopic (exact) mass is 210 g/mol. The summed E-state index contributed by atoms with van der Waals surface area (Å²) < 4.78 is 0. The van der Waals surface area contributed by atoms with E-state index < -0.39 is 0 Å². The van der Waals surface area contributed by atoms with Gasteiger partial charge in [0.15, 0.2) is 0 Å². The average Bonchev–Trinajstić information content (AvgIpc) is 2.39. The maximum Gasteiger partial charge on any atom is 0.0537 e. The summed E-state index contributed by atoms with van der Waals surface area (Å²) in [5.41, 5.74) is 1.91. The van der Waals surface area contributed by atoms with Crippen molar-refractivity contribution >= 4 is 0 Å². The summed E-state index contributed by atoms with van der Waals surface area (Å²) in [5.74, 6) is 1.21. The molecule has 1 aliphatic rings. The van der Waals surface area contributed by atoms with Crippen molar-refractivity contribution in [2.45, 2.75) is 60.0 Å². The average molecular weight is 210 g/mol. The lowest BCUT2D eigenvalue weighted by Gasteiger charge is -2.30. The maximum atomic E-state index is 9.46. The molecule has 3 atom stereocenters. The second-order valence-corrected chi connectivity index (χ2v) is 5.84. The van der Waals surface area contributed by atoms with E-state index in [1.165, 1.54) is 18.4 Å². The van der Waals surface area contributed by atoms with Gasteiger partial charge in [-0.3, -0.25) is 0 Å². The molecule has 15 heavy (non-hydrogen) atoms. The quantitative estimate of drug-likeness (QED) is 0.700. The normalized spacial score (nSPS) is 28.7. The van der Waals surface area contributed by atoms with Gasteiger partial charge in [0.25, 0.3) is 0 Å². The van der Waals surface area contributed by atoms with E-state index in [0.29, 0.717) is 11.3 Å². The Morgan fingerprint density at radius 3 is 2.47 bits per heavy atom. The highest BCUT2D eigenvalue weighted by Gasteiger charge is 2.34. The third-order valence-electron chi connectivity index (χ3n) is 4.54.